The molecule has 1 amide bonds. The molecular formula is C41H77NO18. The van der Waals surface area contributed by atoms with Crippen molar-refractivity contribution in [1.82, 2.24) is 5.32 Å². The van der Waals surface area contributed by atoms with Gasteiger partial charge in [0.05, 0.1) is 38.6 Å². The lowest BCUT2D eigenvalue weighted by Gasteiger charge is -2.48. The van der Waals surface area contributed by atoms with Crippen LogP contribution in [-0.4, -0.2) is 193 Å². The Morgan fingerprint density at radius 2 is 0.950 bits per heavy atom. The number of nitrogens with one attached hydrogen (secondary N) is 1. The number of carbonyl (C=O) groups is 1. The number of ether oxygens (including phenoxy) is 6. The Hall–Kier alpha value is -1.21. The zero-order valence-electron chi connectivity index (χ0n) is 35.4. The van der Waals surface area contributed by atoms with Crippen LogP contribution in [0.3, 0.4) is 0 Å². The van der Waals surface area contributed by atoms with E-state index in [4.69, 9.17) is 28.4 Å². The van der Waals surface area contributed by atoms with Crippen LogP contribution < -0.4 is 5.32 Å². The van der Waals surface area contributed by atoms with Crippen molar-refractivity contribution in [2.45, 2.75) is 227 Å². The summed E-state index contributed by atoms with van der Waals surface area (Å²) in [5, 5.41) is 119. The van der Waals surface area contributed by atoms with Gasteiger partial charge in [-0.05, 0) is 12.8 Å². The summed E-state index contributed by atoms with van der Waals surface area (Å²) in [6.45, 7) is 1.61. The summed E-state index contributed by atoms with van der Waals surface area (Å²) in [5.41, 5.74) is 0. The van der Waals surface area contributed by atoms with Crippen molar-refractivity contribution in [3.63, 3.8) is 0 Å². The van der Waals surface area contributed by atoms with Gasteiger partial charge >= 0.3 is 0 Å². The monoisotopic (exact) mass is 872 g/mol. The van der Waals surface area contributed by atoms with Gasteiger partial charge in [0.15, 0.2) is 18.9 Å². The van der Waals surface area contributed by atoms with Crippen LogP contribution in [0.5, 0.6) is 0 Å². The summed E-state index contributed by atoms with van der Waals surface area (Å²) in [5.74, 6) is -0.260. The van der Waals surface area contributed by atoms with Gasteiger partial charge in [-0.3, -0.25) is 4.79 Å². The first-order valence-corrected chi connectivity index (χ1v) is 22.3. The van der Waals surface area contributed by atoms with Crippen LogP contribution >= 0.6 is 0 Å². The van der Waals surface area contributed by atoms with E-state index in [1.807, 2.05) is 0 Å². The van der Waals surface area contributed by atoms with Crippen LogP contribution in [0, 0.1) is 0 Å². The van der Waals surface area contributed by atoms with Crippen LogP contribution in [0.4, 0.5) is 0 Å². The minimum atomic E-state index is -1.96. The highest BCUT2D eigenvalue weighted by atomic mass is 16.8. The third-order valence-corrected chi connectivity index (χ3v) is 11.7. The predicted molar refractivity (Wildman–Crippen MR) is 213 cm³/mol. The molecule has 12 N–H and O–H groups in total. The number of hydrogen-bond donors (Lipinski definition) is 12. The van der Waals surface area contributed by atoms with Crippen LogP contribution in [0.15, 0.2) is 0 Å². The maximum absolute atomic E-state index is 12.9. The number of amides is 1. The van der Waals surface area contributed by atoms with Gasteiger partial charge in [0.2, 0.25) is 5.91 Å². The Labute approximate surface area is 353 Å². The summed E-state index contributed by atoms with van der Waals surface area (Å²) >= 11 is 0. The summed E-state index contributed by atoms with van der Waals surface area (Å²) < 4.78 is 33.9. The minimum absolute atomic E-state index is 0.260. The molecule has 0 bridgehead atoms. The first kappa shape index (κ1) is 53.1. The molecule has 0 radical (unpaired) electrons. The number of aliphatic hydroxyl groups is 11. The van der Waals surface area contributed by atoms with Gasteiger partial charge in [0.1, 0.15) is 73.2 Å². The van der Waals surface area contributed by atoms with E-state index in [0.717, 1.165) is 51.4 Å². The molecule has 60 heavy (non-hydrogen) atoms. The lowest BCUT2D eigenvalue weighted by atomic mass is 9.96. The summed E-state index contributed by atoms with van der Waals surface area (Å²) in [4.78, 5) is 12.9. The lowest BCUT2D eigenvalue weighted by Crippen LogP contribution is -2.66. The Balaban J connectivity index is 1.59. The molecular weight excluding hydrogens is 794 g/mol. The van der Waals surface area contributed by atoms with Crippen molar-refractivity contribution in [3.8, 4) is 0 Å². The molecule has 17 atom stereocenters. The molecule has 0 aromatic carbocycles. The van der Waals surface area contributed by atoms with Crippen molar-refractivity contribution in [2.75, 3.05) is 26.4 Å². The molecule has 0 aromatic heterocycles. The molecule has 0 aromatic rings. The molecule has 0 saturated carbocycles. The average molecular weight is 872 g/mol. The van der Waals surface area contributed by atoms with Gasteiger partial charge in [-0.15, -0.1) is 0 Å². The highest BCUT2D eigenvalue weighted by Gasteiger charge is 2.53. The first-order valence-electron chi connectivity index (χ1n) is 22.3. The average Bonchev–Trinajstić information content (AvgIpc) is 3.24. The smallest absolute Gasteiger partial charge is 0.220 e. The molecule has 19 heteroatoms. The van der Waals surface area contributed by atoms with Crippen molar-refractivity contribution >= 4 is 5.91 Å². The van der Waals surface area contributed by atoms with E-state index in [-0.39, 0.29) is 18.9 Å². The van der Waals surface area contributed by atoms with Crippen LogP contribution in [0.1, 0.15) is 123 Å². The number of rotatable bonds is 29. The molecule has 3 saturated heterocycles. The Kier molecular flexibility index (Phi) is 25.3. The highest BCUT2D eigenvalue weighted by Crippen LogP contribution is 2.33. The van der Waals surface area contributed by atoms with Gasteiger partial charge in [0.25, 0.3) is 0 Å². The maximum Gasteiger partial charge on any atom is 0.220 e. The van der Waals surface area contributed by atoms with Crippen molar-refractivity contribution in [2.24, 2.45) is 0 Å². The SMILES string of the molecule is CCCCCCCCCCCCC(O)C(COC1OC(CO)C(OC2OC(CO)C(OC3OC(CO)C(O)C(O)C3O)C(O)C2O)C(O)C1O)NC(=O)CCCCCCC. The van der Waals surface area contributed by atoms with Crippen molar-refractivity contribution in [1.29, 1.82) is 0 Å². The molecule has 3 aliphatic rings. The molecule has 3 heterocycles. The van der Waals surface area contributed by atoms with Crippen LogP contribution in [0.25, 0.3) is 0 Å². The number of carbonyl (C=O) groups excluding carboxylic acids is 1. The van der Waals surface area contributed by atoms with Crippen molar-refractivity contribution < 1.29 is 89.4 Å². The standard InChI is InChI=1S/C41H77NO18/c1-3-5-7-9-10-11-12-13-15-16-18-25(46)24(42-29(47)19-17-14-8-6-4-2)23-55-39-35(53)32(50)37(27(21-44)57-39)60-41-36(54)33(51)38(28(22-45)58-41)59-40-34(52)31(49)30(48)26(20-43)56-40/h24-28,30-41,43-46,48-54H,3-23H2,1-2H3,(H,42,47). The minimum Gasteiger partial charge on any atom is -0.394 e. The quantitative estimate of drug-likeness (QED) is 0.0400. The largest absolute Gasteiger partial charge is 0.394 e. The van der Waals surface area contributed by atoms with Gasteiger partial charge in [0, 0.05) is 6.42 Å². The van der Waals surface area contributed by atoms with E-state index < -0.39 is 124 Å². The van der Waals surface area contributed by atoms with Gasteiger partial charge in [-0.2, -0.15) is 0 Å². The van der Waals surface area contributed by atoms with E-state index in [0.29, 0.717) is 12.8 Å². The molecule has 3 fully saturated rings. The molecule has 3 rings (SSSR count). The molecule has 17 unspecified atom stereocenters. The first-order chi connectivity index (χ1) is 28.8. The van der Waals surface area contributed by atoms with Gasteiger partial charge in [-0.1, -0.05) is 104 Å². The molecule has 0 aliphatic carbocycles. The fourth-order valence-corrected chi connectivity index (χ4v) is 7.84. The molecule has 19 nitrogen and oxygen atoms in total. The highest BCUT2D eigenvalue weighted by molar-refractivity contribution is 5.76. The van der Waals surface area contributed by atoms with E-state index >= 15 is 0 Å². The topological polar surface area (TPSA) is 307 Å². The van der Waals surface area contributed by atoms with Crippen LogP contribution in [-0.2, 0) is 33.2 Å². The molecule has 354 valence electrons. The van der Waals surface area contributed by atoms with Crippen LogP contribution in [0.2, 0.25) is 0 Å². The van der Waals surface area contributed by atoms with E-state index in [1.54, 1.807) is 0 Å². The number of unbranched alkanes of at least 4 members (excludes halogenated alkanes) is 13. The third-order valence-electron chi connectivity index (χ3n) is 11.7. The molecule has 0 spiro atoms. The Bertz CT molecular complexity index is 1140. The third kappa shape index (κ3) is 16.1. The number of hydrogen-bond acceptors (Lipinski definition) is 18. The predicted octanol–water partition coefficient (Wildman–Crippen LogP) is -1.03. The summed E-state index contributed by atoms with van der Waals surface area (Å²) in [6, 6.07) is -0.873. The lowest BCUT2D eigenvalue weighted by molar-refractivity contribution is -0.379. The fraction of sp³-hybridized carbons (Fsp3) is 0.976. The normalized spacial score (nSPS) is 35.9. The second kappa shape index (κ2) is 28.6. The second-order valence-corrected chi connectivity index (χ2v) is 16.5. The summed E-state index contributed by atoms with van der Waals surface area (Å²) in [7, 11) is 0. The van der Waals surface area contributed by atoms with E-state index in [1.165, 1.54) is 38.5 Å². The Morgan fingerprint density at radius 1 is 0.533 bits per heavy atom. The fourth-order valence-electron chi connectivity index (χ4n) is 7.84. The van der Waals surface area contributed by atoms with Gasteiger partial charge in [-0.25, -0.2) is 0 Å². The van der Waals surface area contributed by atoms with Gasteiger partial charge < -0.3 is 89.9 Å². The van der Waals surface area contributed by atoms with Crippen molar-refractivity contribution in [3.05, 3.63) is 0 Å². The summed E-state index contributed by atoms with van der Waals surface area (Å²) in [6.07, 6.45) is -9.83. The second-order valence-electron chi connectivity index (χ2n) is 16.5. The number of aliphatic hydroxyl groups excluding tert-OH is 11. The zero-order valence-corrected chi connectivity index (χ0v) is 35.4. The maximum atomic E-state index is 12.9. The molecule has 3 aliphatic heterocycles. The van der Waals surface area contributed by atoms with E-state index in [2.05, 4.69) is 19.2 Å². The Morgan fingerprint density at radius 3 is 1.45 bits per heavy atom. The van der Waals surface area contributed by atoms with E-state index in [9.17, 15) is 61.0 Å². The zero-order chi connectivity index (χ0) is 44.2.